The highest BCUT2D eigenvalue weighted by atomic mass is 16.1. The number of nitrogens with zero attached hydrogens (tertiary/aromatic N) is 4. The topological polar surface area (TPSA) is 75.3 Å². The van der Waals surface area contributed by atoms with E-state index in [1.165, 1.54) is 11.1 Å². The molecule has 2 aromatic heterocycles. The van der Waals surface area contributed by atoms with Crippen molar-refractivity contribution in [1.29, 1.82) is 0 Å². The van der Waals surface area contributed by atoms with E-state index < -0.39 is 5.91 Å². The molecule has 1 amide bonds. The fourth-order valence-electron chi connectivity index (χ4n) is 3.65. The van der Waals surface area contributed by atoms with Gasteiger partial charge in [-0.3, -0.25) is 9.78 Å². The summed E-state index contributed by atoms with van der Waals surface area (Å²) in [5.41, 5.74) is 9.36. The number of primary amides is 1. The number of hydrogen-bond acceptors (Lipinski definition) is 5. The van der Waals surface area contributed by atoms with Crippen LogP contribution in [0.4, 0.5) is 11.5 Å². The monoisotopic (exact) mass is 361 g/mol. The lowest BCUT2D eigenvalue weighted by Gasteiger charge is -2.37. The number of hydrogen-bond donors (Lipinski definition) is 1. The molecule has 4 rings (SSSR count). The van der Waals surface area contributed by atoms with Gasteiger partial charge in [0.2, 0.25) is 0 Å². The highest BCUT2D eigenvalue weighted by Crippen LogP contribution is 2.29. The van der Waals surface area contributed by atoms with E-state index in [-0.39, 0.29) is 0 Å². The summed E-state index contributed by atoms with van der Waals surface area (Å²) in [5.74, 6) is 0.242. The van der Waals surface area contributed by atoms with Gasteiger partial charge >= 0.3 is 0 Å². The summed E-state index contributed by atoms with van der Waals surface area (Å²) >= 11 is 0. The summed E-state index contributed by atoms with van der Waals surface area (Å²) in [6.07, 6.45) is 2.62. The quantitative estimate of drug-likeness (QED) is 0.773. The molecule has 0 saturated carbocycles. The van der Waals surface area contributed by atoms with Crippen molar-refractivity contribution in [1.82, 2.24) is 9.97 Å². The van der Waals surface area contributed by atoms with Crippen LogP contribution in [-0.4, -0.2) is 42.1 Å². The average Bonchev–Trinajstić information content (AvgIpc) is 2.73. The van der Waals surface area contributed by atoms with E-state index in [2.05, 4.69) is 46.0 Å². The Balaban J connectivity index is 1.60. The minimum atomic E-state index is -0.437. The number of nitrogens with two attached hydrogens (primary N) is 1. The second-order valence-electron chi connectivity index (χ2n) is 6.72. The Labute approximate surface area is 158 Å². The van der Waals surface area contributed by atoms with Gasteiger partial charge in [-0.2, -0.15) is 0 Å². The second-order valence-corrected chi connectivity index (χ2v) is 6.72. The molecule has 0 spiro atoms. The first-order valence-corrected chi connectivity index (χ1v) is 9.30. The van der Waals surface area contributed by atoms with Crippen LogP contribution in [0.5, 0.6) is 0 Å². The predicted octanol–water partition coefficient (Wildman–Crippen LogP) is 2.62. The van der Waals surface area contributed by atoms with E-state index in [1.54, 1.807) is 18.3 Å². The number of aromatic nitrogens is 2. The Hall–Kier alpha value is -3.15. The van der Waals surface area contributed by atoms with Crippen LogP contribution in [0.2, 0.25) is 0 Å². The number of benzene rings is 1. The van der Waals surface area contributed by atoms with Crippen molar-refractivity contribution in [2.24, 2.45) is 5.73 Å². The smallest absolute Gasteiger partial charge is 0.252 e. The van der Waals surface area contributed by atoms with Crippen molar-refractivity contribution < 1.29 is 4.79 Å². The van der Waals surface area contributed by atoms with Crippen LogP contribution in [0.25, 0.3) is 10.9 Å². The van der Waals surface area contributed by atoms with Crippen LogP contribution in [-0.2, 0) is 6.42 Å². The number of piperazine rings is 1. The Morgan fingerprint density at radius 1 is 1.07 bits per heavy atom. The number of amides is 1. The fraction of sp³-hybridized carbons (Fsp3) is 0.286. The van der Waals surface area contributed by atoms with E-state index in [9.17, 15) is 4.79 Å². The molecule has 0 atom stereocenters. The first-order valence-electron chi connectivity index (χ1n) is 9.30. The lowest BCUT2D eigenvalue weighted by Crippen LogP contribution is -2.47. The van der Waals surface area contributed by atoms with Crippen molar-refractivity contribution in [3.05, 3.63) is 59.9 Å². The summed E-state index contributed by atoms with van der Waals surface area (Å²) in [6.45, 7) is 5.41. The molecule has 0 bridgehead atoms. The predicted molar refractivity (Wildman–Crippen MR) is 108 cm³/mol. The Kier molecular flexibility index (Phi) is 4.62. The average molecular weight is 361 g/mol. The number of carbonyl (C=O) groups excluding carboxylic acids is 1. The summed E-state index contributed by atoms with van der Waals surface area (Å²) in [6, 6.07) is 14.0. The van der Waals surface area contributed by atoms with Crippen LogP contribution >= 0.6 is 0 Å². The molecule has 3 heterocycles. The van der Waals surface area contributed by atoms with Crippen LogP contribution in [0, 0.1) is 0 Å². The third kappa shape index (κ3) is 3.30. The molecule has 0 aliphatic carbocycles. The number of para-hydroxylation sites is 1. The third-order valence-corrected chi connectivity index (χ3v) is 5.08. The summed E-state index contributed by atoms with van der Waals surface area (Å²) in [5, 5.41) is 1.18. The van der Waals surface area contributed by atoms with Gasteiger partial charge in [0.15, 0.2) is 0 Å². The molecule has 1 aliphatic heterocycles. The van der Waals surface area contributed by atoms with E-state index >= 15 is 0 Å². The molecule has 2 N–H and O–H groups in total. The zero-order chi connectivity index (χ0) is 18.8. The molecular weight excluding hydrogens is 338 g/mol. The highest BCUT2D eigenvalue weighted by Gasteiger charge is 2.23. The number of fused-ring (bicyclic) bond motifs is 1. The van der Waals surface area contributed by atoms with Gasteiger partial charge < -0.3 is 15.5 Å². The Bertz CT molecular complexity index is 979. The molecular formula is C21H23N5O. The molecule has 27 heavy (non-hydrogen) atoms. The highest BCUT2D eigenvalue weighted by molar-refractivity contribution is 5.97. The van der Waals surface area contributed by atoms with E-state index in [1.807, 2.05) is 6.07 Å². The molecule has 0 unspecified atom stereocenters. The molecule has 0 radical (unpaired) electrons. The van der Waals surface area contributed by atoms with Gasteiger partial charge in [-0.25, -0.2) is 4.98 Å². The van der Waals surface area contributed by atoms with Crippen molar-refractivity contribution >= 4 is 28.3 Å². The molecule has 6 heteroatoms. The van der Waals surface area contributed by atoms with Crippen LogP contribution in [0.15, 0.2) is 48.7 Å². The van der Waals surface area contributed by atoms with Gasteiger partial charge in [-0.15, -0.1) is 0 Å². The molecule has 1 aliphatic rings. The van der Waals surface area contributed by atoms with E-state index in [0.29, 0.717) is 11.4 Å². The van der Waals surface area contributed by atoms with Gasteiger partial charge in [-0.05, 0) is 30.7 Å². The number of carbonyl (C=O) groups is 1. The maximum Gasteiger partial charge on any atom is 0.252 e. The molecule has 1 saturated heterocycles. The number of pyridine rings is 2. The van der Waals surface area contributed by atoms with E-state index in [4.69, 9.17) is 10.7 Å². The first-order chi connectivity index (χ1) is 13.2. The van der Waals surface area contributed by atoms with Crippen molar-refractivity contribution in [3.8, 4) is 0 Å². The van der Waals surface area contributed by atoms with Crippen LogP contribution < -0.4 is 15.5 Å². The summed E-state index contributed by atoms with van der Waals surface area (Å²) in [4.78, 5) is 25.4. The Morgan fingerprint density at radius 2 is 1.81 bits per heavy atom. The summed E-state index contributed by atoms with van der Waals surface area (Å²) < 4.78 is 0. The zero-order valence-corrected chi connectivity index (χ0v) is 15.4. The molecule has 138 valence electrons. The van der Waals surface area contributed by atoms with Crippen molar-refractivity contribution in [2.75, 3.05) is 36.0 Å². The van der Waals surface area contributed by atoms with Gasteiger partial charge in [-0.1, -0.05) is 25.1 Å². The molecule has 6 nitrogen and oxygen atoms in total. The van der Waals surface area contributed by atoms with Gasteiger partial charge in [0.25, 0.3) is 5.91 Å². The van der Waals surface area contributed by atoms with Crippen molar-refractivity contribution in [3.63, 3.8) is 0 Å². The van der Waals surface area contributed by atoms with Gasteiger partial charge in [0.05, 0.1) is 11.1 Å². The van der Waals surface area contributed by atoms with Crippen LogP contribution in [0.1, 0.15) is 23.0 Å². The van der Waals surface area contributed by atoms with Gasteiger partial charge in [0.1, 0.15) is 5.82 Å². The number of aryl methyl sites for hydroxylation is 1. The molecule has 3 aromatic rings. The standard InChI is InChI=1S/C21H23N5O/c1-2-15-14-19(16-6-3-4-8-18(16)24-15)25-10-12-26(13-11-25)21-17(20(22)27)7-5-9-23-21/h3-9,14H,2,10-13H2,1H3,(H2,22,27). The zero-order valence-electron chi connectivity index (χ0n) is 15.4. The SMILES string of the molecule is CCc1cc(N2CCN(c3ncccc3C(N)=O)CC2)c2ccccc2n1. The number of rotatable bonds is 4. The minimum absolute atomic E-state index is 0.437. The summed E-state index contributed by atoms with van der Waals surface area (Å²) in [7, 11) is 0. The van der Waals surface area contributed by atoms with Crippen molar-refractivity contribution in [2.45, 2.75) is 13.3 Å². The van der Waals surface area contributed by atoms with E-state index in [0.717, 1.165) is 43.8 Å². The molecule has 1 fully saturated rings. The minimum Gasteiger partial charge on any atom is -0.367 e. The first kappa shape index (κ1) is 17.3. The lowest BCUT2D eigenvalue weighted by atomic mass is 10.1. The fourth-order valence-corrected chi connectivity index (χ4v) is 3.65. The maximum absolute atomic E-state index is 11.7. The lowest BCUT2D eigenvalue weighted by molar-refractivity contribution is 0.100. The Morgan fingerprint density at radius 3 is 2.56 bits per heavy atom. The normalized spacial score (nSPS) is 14.6. The van der Waals surface area contributed by atoms with Crippen LogP contribution in [0.3, 0.4) is 0 Å². The van der Waals surface area contributed by atoms with Gasteiger partial charge in [0, 0.05) is 49.1 Å². The second kappa shape index (κ2) is 7.23. The maximum atomic E-state index is 11.7. The third-order valence-electron chi connectivity index (χ3n) is 5.08. The largest absolute Gasteiger partial charge is 0.367 e. The molecule has 1 aromatic carbocycles. The number of anilines is 2.